The predicted octanol–water partition coefficient (Wildman–Crippen LogP) is 4.32. The minimum atomic E-state index is 0.412. The number of aromatic amines is 1. The van der Waals surface area contributed by atoms with E-state index in [4.69, 9.17) is 10.5 Å². The molecule has 0 spiro atoms. The highest BCUT2D eigenvalue weighted by atomic mass is 16.5. The van der Waals surface area contributed by atoms with Crippen molar-refractivity contribution in [1.82, 2.24) is 19.9 Å². The van der Waals surface area contributed by atoms with Gasteiger partial charge in [-0.05, 0) is 36.8 Å². The first-order chi connectivity index (χ1) is 14.1. The molecule has 0 aliphatic heterocycles. The number of hydrogen-bond donors (Lipinski definition) is 3. The Balaban J connectivity index is 1.59. The van der Waals surface area contributed by atoms with Crippen LogP contribution in [0.5, 0.6) is 11.6 Å². The second-order valence-corrected chi connectivity index (χ2v) is 6.72. The van der Waals surface area contributed by atoms with Crippen molar-refractivity contribution in [3.63, 3.8) is 0 Å². The van der Waals surface area contributed by atoms with Gasteiger partial charge in [-0.2, -0.15) is 9.97 Å². The van der Waals surface area contributed by atoms with Gasteiger partial charge in [-0.25, -0.2) is 4.98 Å². The summed E-state index contributed by atoms with van der Waals surface area (Å²) < 4.78 is 5.97. The molecule has 0 unspecified atom stereocenters. The van der Waals surface area contributed by atoms with Crippen LogP contribution in [0.2, 0.25) is 0 Å². The third kappa shape index (κ3) is 4.21. The van der Waals surface area contributed by atoms with E-state index in [1.54, 1.807) is 24.5 Å². The van der Waals surface area contributed by atoms with E-state index in [1.165, 1.54) is 0 Å². The average molecular weight is 389 g/mol. The number of fused-ring (bicyclic) bond motifs is 1. The molecule has 0 saturated carbocycles. The lowest BCUT2D eigenvalue weighted by Gasteiger charge is -2.17. The number of benzene rings is 1. The Morgan fingerprint density at radius 1 is 1.17 bits per heavy atom. The van der Waals surface area contributed by atoms with Crippen LogP contribution in [0.3, 0.4) is 0 Å². The average Bonchev–Trinajstić information content (AvgIpc) is 3.18. The van der Waals surface area contributed by atoms with Gasteiger partial charge < -0.3 is 25.7 Å². The van der Waals surface area contributed by atoms with Gasteiger partial charge >= 0.3 is 0 Å². The normalized spacial score (nSPS) is 10.8. The van der Waals surface area contributed by atoms with Gasteiger partial charge in [0.15, 0.2) is 0 Å². The fraction of sp³-hybridized carbons (Fsp3) is 0.190. The maximum absolute atomic E-state index is 5.97. The van der Waals surface area contributed by atoms with Crippen LogP contribution in [0.25, 0.3) is 11.0 Å². The van der Waals surface area contributed by atoms with Crippen molar-refractivity contribution in [3.8, 4) is 11.6 Å². The molecule has 0 fully saturated rings. The summed E-state index contributed by atoms with van der Waals surface area (Å²) in [6.45, 7) is 3.10. The number of H-pyrrole nitrogens is 1. The molecule has 3 aromatic heterocycles. The number of aromatic nitrogens is 4. The zero-order valence-corrected chi connectivity index (χ0v) is 16.4. The molecule has 0 bridgehead atoms. The second kappa shape index (κ2) is 8.05. The van der Waals surface area contributed by atoms with Crippen molar-refractivity contribution in [2.45, 2.75) is 13.3 Å². The van der Waals surface area contributed by atoms with Gasteiger partial charge in [-0.1, -0.05) is 13.0 Å². The number of nitrogens with one attached hydrogen (secondary N) is 2. The highest BCUT2D eigenvalue weighted by molar-refractivity contribution is 5.82. The maximum Gasteiger partial charge on any atom is 0.233 e. The first-order valence-electron chi connectivity index (χ1n) is 9.45. The molecule has 0 aliphatic carbocycles. The molecule has 0 amide bonds. The molecular weight excluding hydrogens is 366 g/mol. The number of pyridine rings is 1. The van der Waals surface area contributed by atoms with E-state index >= 15 is 0 Å². The maximum atomic E-state index is 5.97. The van der Waals surface area contributed by atoms with Crippen molar-refractivity contribution in [2.75, 3.05) is 29.5 Å². The van der Waals surface area contributed by atoms with Gasteiger partial charge in [0.05, 0.1) is 17.3 Å². The summed E-state index contributed by atoms with van der Waals surface area (Å²) in [6.07, 6.45) is 4.63. The Labute approximate surface area is 168 Å². The van der Waals surface area contributed by atoms with E-state index in [-0.39, 0.29) is 0 Å². The standard InChI is InChI=1S/C21H23N7O/c1-3-11-28(2)18-8-7-15(13-24-18)25-21-26-19-17(9-10-23-19)20(27-21)29-16-6-4-5-14(22)12-16/h4-10,12-13H,3,11,22H2,1-2H3,(H2,23,25,26,27). The highest BCUT2D eigenvalue weighted by Crippen LogP contribution is 2.29. The number of nitrogens with two attached hydrogens (primary N) is 1. The largest absolute Gasteiger partial charge is 0.438 e. The Bertz CT molecular complexity index is 1110. The van der Waals surface area contributed by atoms with Gasteiger partial charge in [-0.15, -0.1) is 0 Å². The molecule has 0 radical (unpaired) electrons. The first-order valence-corrected chi connectivity index (χ1v) is 9.45. The molecule has 4 N–H and O–H groups in total. The lowest BCUT2D eigenvalue weighted by molar-refractivity contribution is 0.469. The van der Waals surface area contributed by atoms with Crippen LogP contribution < -0.4 is 20.7 Å². The van der Waals surface area contributed by atoms with Crippen LogP contribution >= 0.6 is 0 Å². The molecule has 0 saturated heterocycles. The van der Waals surface area contributed by atoms with E-state index < -0.39 is 0 Å². The molecule has 3 heterocycles. The van der Waals surface area contributed by atoms with E-state index in [2.05, 4.69) is 37.1 Å². The number of nitrogens with zero attached hydrogens (tertiary/aromatic N) is 4. The summed E-state index contributed by atoms with van der Waals surface area (Å²) >= 11 is 0. The van der Waals surface area contributed by atoms with Crippen molar-refractivity contribution < 1.29 is 4.74 Å². The fourth-order valence-electron chi connectivity index (χ4n) is 3.00. The Hall–Kier alpha value is -3.81. The molecule has 8 heteroatoms. The Kier molecular flexibility index (Phi) is 5.15. The van der Waals surface area contributed by atoms with E-state index in [9.17, 15) is 0 Å². The zero-order chi connectivity index (χ0) is 20.2. The number of anilines is 4. The topological polar surface area (TPSA) is 105 Å². The molecule has 29 heavy (non-hydrogen) atoms. The molecule has 8 nitrogen and oxygen atoms in total. The summed E-state index contributed by atoms with van der Waals surface area (Å²) in [6, 6.07) is 13.0. The summed E-state index contributed by atoms with van der Waals surface area (Å²) in [7, 11) is 2.03. The van der Waals surface area contributed by atoms with Gasteiger partial charge in [0.2, 0.25) is 11.8 Å². The quantitative estimate of drug-likeness (QED) is 0.404. The Morgan fingerprint density at radius 3 is 2.83 bits per heavy atom. The Morgan fingerprint density at radius 2 is 2.07 bits per heavy atom. The fourth-order valence-corrected chi connectivity index (χ4v) is 3.00. The zero-order valence-electron chi connectivity index (χ0n) is 16.4. The monoisotopic (exact) mass is 389 g/mol. The van der Waals surface area contributed by atoms with E-state index in [0.29, 0.717) is 28.9 Å². The molecule has 1 aromatic carbocycles. The van der Waals surface area contributed by atoms with Crippen LogP contribution in [0, 0.1) is 0 Å². The third-order valence-corrected chi connectivity index (χ3v) is 4.41. The minimum absolute atomic E-state index is 0.412. The number of rotatable bonds is 7. The van der Waals surface area contributed by atoms with Crippen LogP contribution in [0.4, 0.5) is 23.1 Å². The first kappa shape index (κ1) is 18.5. The van der Waals surface area contributed by atoms with Crippen LogP contribution in [-0.2, 0) is 0 Å². The summed E-state index contributed by atoms with van der Waals surface area (Å²) in [5.41, 5.74) is 7.94. The lowest BCUT2D eigenvalue weighted by atomic mass is 10.3. The molecule has 4 rings (SSSR count). The van der Waals surface area contributed by atoms with Crippen molar-refractivity contribution in [1.29, 1.82) is 0 Å². The lowest BCUT2D eigenvalue weighted by Crippen LogP contribution is -2.18. The third-order valence-electron chi connectivity index (χ3n) is 4.41. The van der Waals surface area contributed by atoms with Crippen molar-refractivity contribution in [3.05, 3.63) is 54.9 Å². The summed E-state index contributed by atoms with van der Waals surface area (Å²) in [5, 5.41) is 3.98. The SMILES string of the molecule is CCCN(C)c1ccc(Nc2nc(Oc3cccc(N)c3)c3cc[nH]c3n2)cn1. The molecule has 4 aromatic rings. The van der Waals surface area contributed by atoms with Gasteiger partial charge in [0, 0.05) is 31.5 Å². The van der Waals surface area contributed by atoms with Gasteiger partial charge in [-0.3, -0.25) is 0 Å². The summed E-state index contributed by atoms with van der Waals surface area (Å²) in [5.74, 6) is 2.39. The smallest absolute Gasteiger partial charge is 0.233 e. The van der Waals surface area contributed by atoms with Crippen molar-refractivity contribution in [2.24, 2.45) is 0 Å². The second-order valence-electron chi connectivity index (χ2n) is 6.72. The molecule has 148 valence electrons. The van der Waals surface area contributed by atoms with Crippen LogP contribution in [0.15, 0.2) is 54.9 Å². The van der Waals surface area contributed by atoms with Crippen LogP contribution in [-0.4, -0.2) is 33.5 Å². The minimum Gasteiger partial charge on any atom is -0.438 e. The summed E-state index contributed by atoms with van der Waals surface area (Å²) in [4.78, 5) is 18.8. The number of nitrogen functional groups attached to an aromatic ring is 1. The predicted molar refractivity (Wildman–Crippen MR) is 116 cm³/mol. The van der Waals surface area contributed by atoms with Gasteiger partial charge in [0.1, 0.15) is 17.2 Å². The molecule has 0 aliphatic rings. The van der Waals surface area contributed by atoms with Gasteiger partial charge in [0.25, 0.3) is 0 Å². The molecule has 0 atom stereocenters. The van der Waals surface area contributed by atoms with E-state index in [1.807, 2.05) is 37.4 Å². The van der Waals surface area contributed by atoms with Crippen LogP contribution in [0.1, 0.15) is 13.3 Å². The number of ether oxygens (including phenoxy) is 1. The number of hydrogen-bond acceptors (Lipinski definition) is 7. The van der Waals surface area contributed by atoms with E-state index in [0.717, 1.165) is 29.9 Å². The molecular formula is C21H23N7O. The van der Waals surface area contributed by atoms with Crippen molar-refractivity contribution >= 4 is 34.2 Å². The highest BCUT2D eigenvalue weighted by Gasteiger charge is 2.12.